The second-order valence-corrected chi connectivity index (χ2v) is 5.41. The van der Waals surface area contributed by atoms with Crippen LogP contribution in [0.3, 0.4) is 0 Å². The lowest BCUT2D eigenvalue weighted by Crippen LogP contribution is -2.44. The van der Waals surface area contributed by atoms with Crippen molar-refractivity contribution in [1.29, 1.82) is 0 Å². The number of nitrogens with zero attached hydrogens (tertiary/aromatic N) is 1. The summed E-state index contributed by atoms with van der Waals surface area (Å²) < 4.78 is 0. The van der Waals surface area contributed by atoms with Gasteiger partial charge in [0.05, 0.1) is 0 Å². The smallest absolute Gasteiger partial charge is 0.133 e. The quantitative estimate of drug-likeness (QED) is 0.762. The molecular formula is C16H22ClNO. The van der Waals surface area contributed by atoms with E-state index in [1.807, 2.05) is 12.1 Å². The molecule has 1 fully saturated rings. The Hall–Kier alpha value is -1.12. The van der Waals surface area contributed by atoms with Gasteiger partial charge in [-0.3, -0.25) is 9.69 Å². The number of carbonyl (C=O) groups is 1. The Morgan fingerprint density at radius 2 is 1.58 bits per heavy atom. The zero-order valence-corrected chi connectivity index (χ0v) is 12.5. The highest BCUT2D eigenvalue weighted by molar-refractivity contribution is 6.30. The van der Waals surface area contributed by atoms with Crippen LogP contribution in [0.1, 0.15) is 31.2 Å². The minimum absolute atomic E-state index is 0.00149. The van der Waals surface area contributed by atoms with Crippen molar-refractivity contribution < 1.29 is 4.79 Å². The van der Waals surface area contributed by atoms with Crippen LogP contribution in [0.25, 0.3) is 0 Å². The molecular weight excluding hydrogens is 258 g/mol. The van der Waals surface area contributed by atoms with Crippen LogP contribution < -0.4 is 0 Å². The second-order valence-electron chi connectivity index (χ2n) is 4.97. The monoisotopic (exact) mass is 279 g/mol. The molecule has 1 aromatic carbocycles. The number of Topliss-reactive ketones (excluding diaryl/α,β-unsaturated/α-hetero) is 1. The lowest BCUT2D eigenvalue weighted by Gasteiger charge is -2.43. The third-order valence-electron chi connectivity index (χ3n) is 3.87. The van der Waals surface area contributed by atoms with Gasteiger partial charge in [0.25, 0.3) is 0 Å². The van der Waals surface area contributed by atoms with Crippen LogP contribution >= 0.6 is 11.6 Å². The third kappa shape index (κ3) is 3.46. The summed E-state index contributed by atoms with van der Waals surface area (Å²) in [7, 11) is 4.18. The fourth-order valence-corrected chi connectivity index (χ4v) is 2.82. The molecule has 0 spiro atoms. The van der Waals surface area contributed by atoms with Gasteiger partial charge >= 0.3 is 0 Å². The summed E-state index contributed by atoms with van der Waals surface area (Å²) in [6.45, 7) is 6.00. The van der Waals surface area contributed by atoms with Gasteiger partial charge in [-0.25, -0.2) is 0 Å². The van der Waals surface area contributed by atoms with Crippen LogP contribution in [-0.4, -0.2) is 24.8 Å². The highest BCUT2D eigenvalue weighted by atomic mass is 35.5. The molecule has 0 bridgehead atoms. The van der Waals surface area contributed by atoms with Crippen LogP contribution in [-0.2, 0) is 10.3 Å². The molecule has 0 N–H and O–H groups in total. The van der Waals surface area contributed by atoms with E-state index < -0.39 is 0 Å². The molecule has 0 amide bonds. The summed E-state index contributed by atoms with van der Waals surface area (Å²) in [6, 6.07) is 8.02. The van der Waals surface area contributed by atoms with Crippen molar-refractivity contribution >= 4 is 17.4 Å². The van der Waals surface area contributed by atoms with Crippen LogP contribution in [0.2, 0.25) is 5.02 Å². The number of benzene rings is 1. The summed E-state index contributed by atoms with van der Waals surface area (Å²) >= 11 is 5.93. The third-order valence-corrected chi connectivity index (χ3v) is 4.12. The molecule has 1 aliphatic carbocycles. The van der Waals surface area contributed by atoms with E-state index in [1.165, 1.54) is 5.56 Å². The summed E-state index contributed by atoms with van der Waals surface area (Å²) in [5.74, 6) is 0.386. The number of halogens is 1. The fraction of sp³-hybridized carbons (Fsp3) is 0.438. The Bertz CT molecular complexity index is 415. The maximum atomic E-state index is 11.4. The average molecular weight is 280 g/mol. The van der Waals surface area contributed by atoms with Crippen molar-refractivity contribution in [3.8, 4) is 0 Å². The van der Waals surface area contributed by atoms with E-state index in [4.69, 9.17) is 11.6 Å². The lowest BCUT2D eigenvalue weighted by molar-refractivity contribution is -0.122. The maximum Gasteiger partial charge on any atom is 0.133 e. The van der Waals surface area contributed by atoms with Crippen molar-refractivity contribution in [1.82, 2.24) is 4.90 Å². The Kier molecular flexibility index (Phi) is 5.77. The molecule has 3 heteroatoms. The Balaban J connectivity index is 0.000000861. The molecule has 0 unspecified atom stereocenters. The molecule has 0 atom stereocenters. The molecule has 104 valence electrons. The number of hydrogen-bond acceptors (Lipinski definition) is 2. The van der Waals surface area contributed by atoms with Crippen LogP contribution in [0, 0.1) is 0 Å². The Morgan fingerprint density at radius 1 is 1.11 bits per heavy atom. The molecule has 1 saturated carbocycles. The molecule has 1 aliphatic rings. The number of carbonyl (C=O) groups excluding carboxylic acids is 1. The minimum atomic E-state index is -0.00149. The molecule has 19 heavy (non-hydrogen) atoms. The van der Waals surface area contributed by atoms with E-state index in [0.29, 0.717) is 18.6 Å². The van der Waals surface area contributed by atoms with E-state index in [1.54, 1.807) is 0 Å². The van der Waals surface area contributed by atoms with E-state index in [2.05, 4.69) is 44.3 Å². The lowest BCUT2D eigenvalue weighted by atomic mass is 9.75. The zero-order chi connectivity index (χ0) is 14.5. The van der Waals surface area contributed by atoms with Gasteiger partial charge in [0.15, 0.2) is 0 Å². The molecule has 0 aromatic heterocycles. The van der Waals surface area contributed by atoms with Crippen LogP contribution in [0.4, 0.5) is 0 Å². The summed E-state index contributed by atoms with van der Waals surface area (Å²) in [5, 5.41) is 0.759. The first-order chi connectivity index (χ1) is 9.04. The standard InChI is InChI=1S/C14H18ClNO.C2H4/c1-16(2)14(9-7-13(17)8-10-14)11-3-5-12(15)6-4-11;1-2/h3-6H,7-10H2,1-2H3;1-2H2. The van der Waals surface area contributed by atoms with Gasteiger partial charge < -0.3 is 0 Å². The number of rotatable bonds is 2. The molecule has 0 aliphatic heterocycles. The fourth-order valence-electron chi connectivity index (χ4n) is 2.70. The van der Waals surface area contributed by atoms with E-state index in [9.17, 15) is 4.79 Å². The van der Waals surface area contributed by atoms with Gasteiger partial charge in [0.2, 0.25) is 0 Å². The van der Waals surface area contributed by atoms with E-state index >= 15 is 0 Å². The largest absolute Gasteiger partial charge is 0.300 e. The average Bonchev–Trinajstić information content (AvgIpc) is 2.43. The predicted molar refractivity (Wildman–Crippen MR) is 81.5 cm³/mol. The van der Waals surface area contributed by atoms with Crippen molar-refractivity contribution in [2.45, 2.75) is 31.2 Å². The van der Waals surface area contributed by atoms with E-state index in [0.717, 1.165) is 17.9 Å². The maximum absolute atomic E-state index is 11.4. The highest BCUT2D eigenvalue weighted by Gasteiger charge is 2.38. The van der Waals surface area contributed by atoms with Gasteiger partial charge in [-0.2, -0.15) is 0 Å². The zero-order valence-electron chi connectivity index (χ0n) is 11.8. The molecule has 0 heterocycles. The van der Waals surface area contributed by atoms with Gasteiger partial charge in [-0.05, 0) is 44.6 Å². The highest BCUT2D eigenvalue weighted by Crippen LogP contribution is 2.40. The Morgan fingerprint density at radius 3 is 2.00 bits per heavy atom. The molecule has 0 radical (unpaired) electrons. The molecule has 2 nitrogen and oxygen atoms in total. The van der Waals surface area contributed by atoms with Crippen molar-refractivity contribution in [3.05, 3.63) is 48.0 Å². The Labute approximate surface area is 121 Å². The van der Waals surface area contributed by atoms with Gasteiger partial charge in [0, 0.05) is 23.4 Å². The first kappa shape index (κ1) is 15.9. The first-order valence-electron chi connectivity index (χ1n) is 6.50. The second kappa shape index (κ2) is 6.88. The van der Waals surface area contributed by atoms with Crippen LogP contribution in [0.5, 0.6) is 0 Å². The number of ketones is 1. The number of hydrogen-bond donors (Lipinski definition) is 0. The topological polar surface area (TPSA) is 20.3 Å². The molecule has 0 saturated heterocycles. The van der Waals surface area contributed by atoms with Gasteiger partial charge in [0.1, 0.15) is 5.78 Å². The summed E-state index contributed by atoms with van der Waals surface area (Å²) in [6.07, 6.45) is 3.17. The van der Waals surface area contributed by atoms with Gasteiger partial charge in [-0.1, -0.05) is 23.7 Å². The van der Waals surface area contributed by atoms with Crippen molar-refractivity contribution in [2.75, 3.05) is 14.1 Å². The predicted octanol–water partition coefficient (Wildman–Crippen LogP) is 4.04. The van der Waals surface area contributed by atoms with Gasteiger partial charge in [-0.15, -0.1) is 13.2 Å². The van der Waals surface area contributed by atoms with E-state index in [-0.39, 0.29) is 5.54 Å². The summed E-state index contributed by atoms with van der Waals surface area (Å²) in [5.41, 5.74) is 1.26. The van der Waals surface area contributed by atoms with Crippen molar-refractivity contribution in [2.24, 2.45) is 0 Å². The molecule has 2 rings (SSSR count). The molecule has 1 aromatic rings. The summed E-state index contributed by atoms with van der Waals surface area (Å²) in [4.78, 5) is 13.7. The van der Waals surface area contributed by atoms with Crippen molar-refractivity contribution in [3.63, 3.8) is 0 Å². The minimum Gasteiger partial charge on any atom is -0.300 e. The van der Waals surface area contributed by atoms with Crippen LogP contribution in [0.15, 0.2) is 37.4 Å². The normalized spacial score (nSPS) is 17.8. The first-order valence-corrected chi connectivity index (χ1v) is 6.87. The SMILES string of the molecule is C=C.CN(C)C1(c2ccc(Cl)cc2)CCC(=O)CC1.